The first-order valence-electron chi connectivity index (χ1n) is 7.41. The summed E-state index contributed by atoms with van der Waals surface area (Å²) in [6, 6.07) is 7.78. The van der Waals surface area contributed by atoms with Gasteiger partial charge in [0, 0.05) is 6.61 Å². The standard InChI is InChI=1S/C16H27NO3/c1-3-9-18-11-12-19-13-16(17)14-5-7-15(8-6-14)20-10-4-2/h5-8,16H,3-4,9-13,17H2,1-2H3. The molecule has 0 aliphatic carbocycles. The third kappa shape index (κ3) is 6.89. The smallest absolute Gasteiger partial charge is 0.119 e. The molecule has 0 amide bonds. The van der Waals surface area contributed by atoms with Gasteiger partial charge in [-0.25, -0.2) is 0 Å². The van der Waals surface area contributed by atoms with Gasteiger partial charge in [-0.05, 0) is 30.5 Å². The van der Waals surface area contributed by atoms with E-state index in [4.69, 9.17) is 19.9 Å². The zero-order valence-electron chi connectivity index (χ0n) is 12.6. The maximum absolute atomic E-state index is 6.08. The van der Waals surface area contributed by atoms with Crippen LogP contribution in [0.3, 0.4) is 0 Å². The van der Waals surface area contributed by atoms with Crippen molar-refractivity contribution in [3.8, 4) is 5.75 Å². The summed E-state index contributed by atoms with van der Waals surface area (Å²) in [4.78, 5) is 0. The Bertz CT molecular complexity index is 340. The summed E-state index contributed by atoms with van der Waals surface area (Å²) in [6.45, 7) is 7.43. The lowest BCUT2D eigenvalue weighted by Gasteiger charge is -2.13. The number of rotatable bonds is 11. The molecule has 0 radical (unpaired) electrons. The van der Waals surface area contributed by atoms with E-state index in [1.54, 1.807) is 0 Å². The molecule has 1 aromatic rings. The number of benzene rings is 1. The summed E-state index contributed by atoms with van der Waals surface area (Å²) < 4.78 is 16.4. The van der Waals surface area contributed by atoms with Crippen molar-refractivity contribution in [3.63, 3.8) is 0 Å². The van der Waals surface area contributed by atoms with Crippen LogP contribution in [-0.4, -0.2) is 33.0 Å². The molecule has 1 unspecified atom stereocenters. The second kappa shape index (κ2) is 10.7. The molecule has 4 nitrogen and oxygen atoms in total. The Kier molecular flexibility index (Phi) is 9.04. The number of hydrogen-bond acceptors (Lipinski definition) is 4. The van der Waals surface area contributed by atoms with Crippen LogP contribution in [0.15, 0.2) is 24.3 Å². The van der Waals surface area contributed by atoms with Crippen LogP contribution in [0.25, 0.3) is 0 Å². The van der Waals surface area contributed by atoms with Crippen molar-refractivity contribution >= 4 is 0 Å². The molecule has 0 fully saturated rings. The number of ether oxygens (including phenoxy) is 3. The van der Waals surface area contributed by atoms with Crippen LogP contribution in [0, 0.1) is 0 Å². The van der Waals surface area contributed by atoms with Gasteiger partial charge < -0.3 is 19.9 Å². The molecule has 0 aromatic heterocycles. The lowest BCUT2D eigenvalue weighted by molar-refractivity contribution is 0.0428. The predicted molar refractivity (Wildman–Crippen MR) is 81.1 cm³/mol. The molecule has 114 valence electrons. The molecular weight excluding hydrogens is 254 g/mol. The van der Waals surface area contributed by atoms with Crippen LogP contribution >= 0.6 is 0 Å². The minimum Gasteiger partial charge on any atom is -0.494 e. The first kappa shape index (κ1) is 17.0. The predicted octanol–water partition coefficient (Wildman–Crippen LogP) is 2.92. The minimum atomic E-state index is -0.110. The zero-order valence-corrected chi connectivity index (χ0v) is 12.6. The van der Waals surface area contributed by atoms with Gasteiger partial charge in [0.2, 0.25) is 0 Å². The fourth-order valence-corrected chi connectivity index (χ4v) is 1.70. The van der Waals surface area contributed by atoms with Crippen LogP contribution in [0.1, 0.15) is 38.3 Å². The van der Waals surface area contributed by atoms with E-state index in [1.165, 1.54) is 0 Å². The van der Waals surface area contributed by atoms with Crippen LogP contribution < -0.4 is 10.5 Å². The monoisotopic (exact) mass is 281 g/mol. The highest BCUT2D eigenvalue weighted by atomic mass is 16.5. The largest absolute Gasteiger partial charge is 0.494 e. The van der Waals surface area contributed by atoms with Crippen LogP contribution in [-0.2, 0) is 9.47 Å². The topological polar surface area (TPSA) is 53.7 Å². The fourth-order valence-electron chi connectivity index (χ4n) is 1.70. The average Bonchev–Trinajstić information content (AvgIpc) is 2.49. The van der Waals surface area contributed by atoms with Crippen molar-refractivity contribution in [1.82, 2.24) is 0 Å². The second-order valence-corrected chi connectivity index (χ2v) is 4.71. The second-order valence-electron chi connectivity index (χ2n) is 4.71. The van der Waals surface area contributed by atoms with Crippen LogP contribution in [0.5, 0.6) is 5.75 Å². The summed E-state index contributed by atoms with van der Waals surface area (Å²) >= 11 is 0. The molecule has 4 heteroatoms. The quantitative estimate of drug-likeness (QED) is 0.634. The molecule has 0 bridgehead atoms. The SMILES string of the molecule is CCCOCCOCC(N)c1ccc(OCCC)cc1. The van der Waals surface area contributed by atoms with Crippen molar-refractivity contribution in [2.75, 3.05) is 33.0 Å². The van der Waals surface area contributed by atoms with Crippen molar-refractivity contribution < 1.29 is 14.2 Å². The van der Waals surface area contributed by atoms with Crippen molar-refractivity contribution in [2.45, 2.75) is 32.7 Å². The maximum Gasteiger partial charge on any atom is 0.119 e. The van der Waals surface area contributed by atoms with Gasteiger partial charge in [0.15, 0.2) is 0 Å². The third-order valence-corrected chi connectivity index (χ3v) is 2.80. The number of hydrogen-bond donors (Lipinski definition) is 1. The van der Waals surface area contributed by atoms with Crippen LogP contribution in [0.4, 0.5) is 0 Å². The van der Waals surface area contributed by atoms with Gasteiger partial charge in [-0.3, -0.25) is 0 Å². The van der Waals surface area contributed by atoms with E-state index in [0.717, 1.165) is 37.4 Å². The van der Waals surface area contributed by atoms with Gasteiger partial charge >= 0.3 is 0 Å². The summed E-state index contributed by atoms with van der Waals surface area (Å²) in [6.07, 6.45) is 2.04. The minimum absolute atomic E-state index is 0.110. The fraction of sp³-hybridized carbons (Fsp3) is 0.625. The molecule has 1 aromatic carbocycles. The summed E-state index contributed by atoms with van der Waals surface area (Å²) in [7, 11) is 0. The van der Waals surface area contributed by atoms with E-state index in [0.29, 0.717) is 19.8 Å². The van der Waals surface area contributed by atoms with E-state index >= 15 is 0 Å². The van der Waals surface area contributed by atoms with Crippen molar-refractivity contribution in [1.29, 1.82) is 0 Å². The average molecular weight is 281 g/mol. The van der Waals surface area contributed by atoms with Gasteiger partial charge in [0.1, 0.15) is 5.75 Å². The van der Waals surface area contributed by atoms with E-state index < -0.39 is 0 Å². The van der Waals surface area contributed by atoms with Crippen LogP contribution in [0.2, 0.25) is 0 Å². The van der Waals surface area contributed by atoms with E-state index in [1.807, 2.05) is 24.3 Å². The third-order valence-electron chi connectivity index (χ3n) is 2.80. The molecule has 2 N–H and O–H groups in total. The Morgan fingerprint density at radius 2 is 1.55 bits per heavy atom. The first-order valence-corrected chi connectivity index (χ1v) is 7.41. The Labute approximate surface area is 122 Å². The molecule has 0 saturated carbocycles. The molecule has 20 heavy (non-hydrogen) atoms. The number of nitrogens with two attached hydrogens (primary N) is 1. The summed E-state index contributed by atoms with van der Waals surface area (Å²) in [5.41, 5.74) is 7.14. The van der Waals surface area contributed by atoms with Gasteiger partial charge in [0.25, 0.3) is 0 Å². The van der Waals surface area contributed by atoms with E-state index in [9.17, 15) is 0 Å². The van der Waals surface area contributed by atoms with Gasteiger partial charge in [-0.15, -0.1) is 0 Å². The Morgan fingerprint density at radius 1 is 0.900 bits per heavy atom. The van der Waals surface area contributed by atoms with Gasteiger partial charge in [-0.1, -0.05) is 26.0 Å². The summed E-state index contributed by atoms with van der Waals surface area (Å²) in [5.74, 6) is 0.886. The van der Waals surface area contributed by atoms with Crippen molar-refractivity contribution in [2.24, 2.45) is 5.73 Å². The maximum atomic E-state index is 6.08. The molecule has 0 heterocycles. The first-order chi connectivity index (χ1) is 9.77. The Hall–Kier alpha value is -1.10. The molecule has 1 rings (SSSR count). The van der Waals surface area contributed by atoms with Gasteiger partial charge in [0.05, 0.1) is 32.5 Å². The van der Waals surface area contributed by atoms with E-state index in [2.05, 4.69) is 13.8 Å². The normalized spacial score (nSPS) is 12.3. The highest BCUT2D eigenvalue weighted by Gasteiger charge is 2.06. The molecule has 1 atom stereocenters. The van der Waals surface area contributed by atoms with Gasteiger partial charge in [-0.2, -0.15) is 0 Å². The summed E-state index contributed by atoms with van der Waals surface area (Å²) in [5, 5.41) is 0. The lowest BCUT2D eigenvalue weighted by atomic mass is 10.1. The highest BCUT2D eigenvalue weighted by Crippen LogP contribution is 2.16. The van der Waals surface area contributed by atoms with E-state index in [-0.39, 0.29) is 6.04 Å². The Morgan fingerprint density at radius 3 is 2.20 bits per heavy atom. The molecule has 0 spiro atoms. The van der Waals surface area contributed by atoms with Crippen molar-refractivity contribution in [3.05, 3.63) is 29.8 Å². The highest BCUT2D eigenvalue weighted by molar-refractivity contribution is 5.29. The zero-order chi connectivity index (χ0) is 14.6. The molecule has 0 aliphatic heterocycles. The molecule has 0 aliphatic rings. The molecule has 0 saturated heterocycles. The Balaban J connectivity index is 2.23. The lowest BCUT2D eigenvalue weighted by Crippen LogP contribution is -2.18. The molecular formula is C16H27NO3.